The molecule has 1 aromatic heterocycles. The molecule has 158 valence electrons. The first kappa shape index (κ1) is 18.6. The van der Waals surface area contributed by atoms with E-state index in [1.165, 1.54) is 24.8 Å². The summed E-state index contributed by atoms with van der Waals surface area (Å²) in [7, 11) is 0. The van der Waals surface area contributed by atoms with Gasteiger partial charge < -0.3 is 9.42 Å². The third-order valence-corrected chi connectivity index (χ3v) is 8.29. The Labute approximate surface area is 178 Å². The van der Waals surface area contributed by atoms with E-state index in [0.29, 0.717) is 17.6 Å². The third-order valence-electron chi connectivity index (χ3n) is 8.29. The first-order chi connectivity index (χ1) is 14.6. The molecule has 4 aliphatic carbocycles. The van der Waals surface area contributed by atoms with Gasteiger partial charge in [0.25, 0.3) is 0 Å². The maximum absolute atomic E-state index is 14.0. The molecule has 5 nitrogen and oxygen atoms in total. The van der Waals surface area contributed by atoms with Gasteiger partial charge in [0.2, 0.25) is 17.6 Å². The van der Waals surface area contributed by atoms with E-state index in [1.807, 2.05) is 12.1 Å². The van der Waals surface area contributed by atoms with E-state index < -0.39 is 0 Å². The van der Waals surface area contributed by atoms with Crippen LogP contribution in [0.5, 0.6) is 0 Å². The normalized spacial score (nSPS) is 35.0. The number of benzene rings is 1. The molecular weight excluding hydrogens is 374 g/mol. The SMILES string of the molecule is Cc1ccc(-c2noc(C3CCCCN3C(=O)C34CC5CC(CC(C5)C3)C4)n2)cc1. The van der Waals surface area contributed by atoms with Gasteiger partial charge in [-0.25, -0.2) is 0 Å². The van der Waals surface area contributed by atoms with E-state index in [9.17, 15) is 4.79 Å². The molecule has 4 bridgehead atoms. The Balaban J connectivity index is 1.28. The Morgan fingerprint density at radius 2 is 1.70 bits per heavy atom. The van der Waals surface area contributed by atoms with Gasteiger partial charge in [-0.15, -0.1) is 0 Å². The lowest BCUT2D eigenvalue weighted by Gasteiger charge is -2.57. The maximum Gasteiger partial charge on any atom is 0.249 e. The highest BCUT2D eigenvalue weighted by Gasteiger charge is 2.56. The second-order valence-electron chi connectivity index (χ2n) is 10.5. The average Bonchev–Trinajstić information content (AvgIpc) is 3.23. The molecule has 1 aromatic carbocycles. The van der Waals surface area contributed by atoms with Crippen molar-refractivity contribution in [2.24, 2.45) is 23.2 Å². The van der Waals surface area contributed by atoms with Crippen molar-refractivity contribution in [3.63, 3.8) is 0 Å². The Bertz CT molecular complexity index is 912. The highest BCUT2D eigenvalue weighted by Crippen LogP contribution is 2.61. The number of nitrogens with zero attached hydrogens (tertiary/aromatic N) is 3. The lowest BCUT2D eigenvalue weighted by molar-refractivity contribution is -0.162. The highest BCUT2D eigenvalue weighted by molar-refractivity contribution is 5.83. The smallest absolute Gasteiger partial charge is 0.249 e. The van der Waals surface area contributed by atoms with Crippen LogP contribution in [0.3, 0.4) is 0 Å². The number of carbonyl (C=O) groups excluding carboxylic acids is 1. The molecule has 30 heavy (non-hydrogen) atoms. The summed E-state index contributed by atoms with van der Waals surface area (Å²) in [5.74, 6) is 3.96. The summed E-state index contributed by atoms with van der Waals surface area (Å²) >= 11 is 0. The monoisotopic (exact) mass is 405 g/mol. The molecule has 2 heterocycles. The molecule has 5 fully saturated rings. The molecule has 7 rings (SSSR count). The van der Waals surface area contributed by atoms with Crippen LogP contribution in [0.15, 0.2) is 28.8 Å². The van der Waals surface area contributed by atoms with E-state index in [1.54, 1.807) is 0 Å². The van der Waals surface area contributed by atoms with E-state index in [2.05, 4.69) is 29.1 Å². The maximum atomic E-state index is 14.0. The summed E-state index contributed by atoms with van der Waals surface area (Å²) in [5.41, 5.74) is 2.07. The van der Waals surface area contributed by atoms with Crippen molar-refractivity contribution >= 4 is 5.91 Å². The zero-order valence-electron chi connectivity index (χ0n) is 17.8. The molecule has 0 spiro atoms. The molecule has 0 radical (unpaired) electrons. The van der Waals surface area contributed by atoms with Gasteiger partial charge in [0.1, 0.15) is 6.04 Å². The van der Waals surface area contributed by atoms with Crippen LogP contribution in [-0.2, 0) is 4.79 Å². The second-order valence-corrected chi connectivity index (χ2v) is 10.5. The highest BCUT2D eigenvalue weighted by atomic mass is 16.5. The van der Waals surface area contributed by atoms with Gasteiger partial charge in [0.15, 0.2) is 0 Å². The zero-order valence-corrected chi connectivity index (χ0v) is 17.8. The molecule has 4 saturated carbocycles. The number of carbonyl (C=O) groups is 1. The molecule has 2 aromatic rings. The van der Waals surface area contributed by atoms with Crippen LogP contribution < -0.4 is 0 Å². The first-order valence-electron chi connectivity index (χ1n) is 11.8. The number of amides is 1. The minimum absolute atomic E-state index is 0.0639. The first-order valence-corrected chi connectivity index (χ1v) is 11.8. The van der Waals surface area contributed by atoms with Crippen LogP contribution in [0.25, 0.3) is 11.4 Å². The summed E-state index contributed by atoms with van der Waals surface area (Å²) < 4.78 is 5.73. The Hall–Kier alpha value is -2.17. The fraction of sp³-hybridized carbons (Fsp3) is 0.640. The molecule has 5 aliphatic rings. The summed E-state index contributed by atoms with van der Waals surface area (Å²) in [6.07, 6.45) is 10.5. The molecular formula is C25H31N3O2. The summed E-state index contributed by atoms with van der Waals surface area (Å²) in [5, 5.41) is 4.25. The van der Waals surface area contributed by atoms with E-state index >= 15 is 0 Å². The largest absolute Gasteiger partial charge is 0.337 e. The Morgan fingerprint density at radius 1 is 1.03 bits per heavy atom. The third kappa shape index (κ3) is 3.00. The van der Waals surface area contributed by atoms with Gasteiger partial charge in [0.05, 0.1) is 5.41 Å². The van der Waals surface area contributed by atoms with Crippen LogP contribution in [0.4, 0.5) is 0 Å². The van der Waals surface area contributed by atoms with Gasteiger partial charge in [-0.05, 0) is 82.5 Å². The van der Waals surface area contributed by atoms with Crippen molar-refractivity contribution < 1.29 is 9.32 Å². The Kier molecular flexibility index (Phi) is 4.29. The predicted octanol–water partition coefficient (Wildman–Crippen LogP) is 5.32. The number of aromatic nitrogens is 2. The van der Waals surface area contributed by atoms with E-state index in [4.69, 9.17) is 9.51 Å². The van der Waals surface area contributed by atoms with Gasteiger partial charge in [0, 0.05) is 12.1 Å². The molecule has 5 heteroatoms. The number of hydrogen-bond donors (Lipinski definition) is 0. The van der Waals surface area contributed by atoms with Gasteiger partial charge in [-0.1, -0.05) is 35.0 Å². The van der Waals surface area contributed by atoms with Crippen molar-refractivity contribution in [1.29, 1.82) is 0 Å². The van der Waals surface area contributed by atoms with Crippen LogP contribution in [-0.4, -0.2) is 27.5 Å². The molecule has 1 amide bonds. The van der Waals surface area contributed by atoms with Gasteiger partial charge in [-0.2, -0.15) is 4.98 Å². The quantitative estimate of drug-likeness (QED) is 0.694. The van der Waals surface area contributed by atoms with E-state index in [0.717, 1.165) is 68.4 Å². The average molecular weight is 406 g/mol. The molecule has 0 N–H and O–H groups in total. The summed E-state index contributed by atoms with van der Waals surface area (Å²) in [6, 6.07) is 8.13. The standard InChI is InChI=1S/C25H31N3O2/c1-16-5-7-20(8-6-16)22-26-23(30-27-22)21-4-2-3-9-28(21)24(29)25-13-17-10-18(14-25)12-19(11-17)15-25/h5-8,17-19,21H,2-4,9-15H2,1H3. The number of hydrogen-bond acceptors (Lipinski definition) is 4. The zero-order chi connectivity index (χ0) is 20.3. The van der Waals surface area contributed by atoms with Crippen LogP contribution in [0.2, 0.25) is 0 Å². The lowest BCUT2D eigenvalue weighted by atomic mass is 9.49. The van der Waals surface area contributed by atoms with Crippen LogP contribution >= 0.6 is 0 Å². The van der Waals surface area contributed by atoms with Crippen molar-refractivity contribution in [3.8, 4) is 11.4 Å². The molecule has 1 aliphatic heterocycles. The minimum atomic E-state index is -0.107. The molecule has 1 atom stereocenters. The topological polar surface area (TPSA) is 59.2 Å². The second kappa shape index (κ2) is 6.93. The minimum Gasteiger partial charge on any atom is -0.337 e. The fourth-order valence-electron chi connectivity index (χ4n) is 7.30. The van der Waals surface area contributed by atoms with Gasteiger partial charge in [-0.3, -0.25) is 4.79 Å². The van der Waals surface area contributed by atoms with Gasteiger partial charge >= 0.3 is 0 Å². The molecule has 1 unspecified atom stereocenters. The Morgan fingerprint density at radius 3 is 2.37 bits per heavy atom. The van der Waals surface area contributed by atoms with Crippen LogP contribution in [0, 0.1) is 30.1 Å². The number of rotatable bonds is 3. The van der Waals surface area contributed by atoms with Crippen molar-refractivity contribution in [2.45, 2.75) is 70.8 Å². The van der Waals surface area contributed by atoms with Crippen molar-refractivity contribution in [2.75, 3.05) is 6.54 Å². The summed E-state index contributed by atoms with van der Waals surface area (Å²) in [4.78, 5) is 20.9. The number of likely N-dealkylation sites (tertiary alicyclic amines) is 1. The fourth-order valence-corrected chi connectivity index (χ4v) is 7.30. The predicted molar refractivity (Wildman–Crippen MR) is 113 cm³/mol. The molecule has 1 saturated heterocycles. The summed E-state index contributed by atoms with van der Waals surface area (Å²) in [6.45, 7) is 2.90. The van der Waals surface area contributed by atoms with Crippen LogP contribution in [0.1, 0.15) is 75.3 Å². The lowest BCUT2D eigenvalue weighted by Crippen LogP contribution is -2.55. The van der Waals surface area contributed by atoms with Crippen molar-refractivity contribution in [1.82, 2.24) is 15.0 Å². The van der Waals surface area contributed by atoms with E-state index in [-0.39, 0.29) is 11.5 Å². The number of piperidine rings is 1. The number of aryl methyl sites for hydroxylation is 1. The van der Waals surface area contributed by atoms with Crippen molar-refractivity contribution in [3.05, 3.63) is 35.7 Å².